The summed E-state index contributed by atoms with van der Waals surface area (Å²) >= 11 is 0. The van der Waals surface area contributed by atoms with Gasteiger partial charge in [-0.3, -0.25) is 0 Å². The van der Waals surface area contributed by atoms with Crippen molar-refractivity contribution < 1.29 is 19.4 Å². The average molecular weight is 253 g/mol. The van der Waals surface area contributed by atoms with Crippen molar-refractivity contribution in [2.45, 2.75) is 32.8 Å². The standard InChI is InChI=1S/C13H19NO4/c1-9-5-6-10(11(14-9)12(15)16)18-8-7-13(2,3)17-4/h5-6H,7-8H2,1-4H3,(H,15,16). The highest BCUT2D eigenvalue weighted by Crippen LogP contribution is 2.19. The van der Waals surface area contributed by atoms with E-state index in [2.05, 4.69) is 4.98 Å². The highest BCUT2D eigenvalue weighted by atomic mass is 16.5. The lowest BCUT2D eigenvalue weighted by atomic mass is 10.1. The van der Waals surface area contributed by atoms with Gasteiger partial charge in [0, 0.05) is 19.2 Å². The van der Waals surface area contributed by atoms with E-state index in [1.54, 1.807) is 26.2 Å². The van der Waals surface area contributed by atoms with Crippen molar-refractivity contribution in [1.29, 1.82) is 0 Å². The zero-order valence-corrected chi connectivity index (χ0v) is 11.2. The van der Waals surface area contributed by atoms with Gasteiger partial charge in [-0.05, 0) is 32.9 Å². The van der Waals surface area contributed by atoms with Gasteiger partial charge in [-0.1, -0.05) is 0 Å². The number of aromatic carboxylic acids is 1. The van der Waals surface area contributed by atoms with E-state index in [0.717, 1.165) is 0 Å². The highest BCUT2D eigenvalue weighted by molar-refractivity contribution is 5.88. The molecule has 0 atom stereocenters. The maximum absolute atomic E-state index is 11.0. The summed E-state index contributed by atoms with van der Waals surface area (Å²) in [5.74, 6) is -0.792. The van der Waals surface area contributed by atoms with Gasteiger partial charge in [0.2, 0.25) is 0 Å². The number of carboxylic acids is 1. The largest absolute Gasteiger partial charge is 0.491 e. The maximum Gasteiger partial charge on any atom is 0.358 e. The number of ether oxygens (including phenoxy) is 2. The zero-order valence-electron chi connectivity index (χ0n) is 11.2. The molecule has 0 bridgehead atoms. The van der Waals surface area contributed by atoms with Crippen LogP contribution >= 0.6 is 0 Å². The van der Waals surface area contributed by atoms with Crippen molar-refractivity contribution in [1.82, 2.24) is 4.98 Å². The van der Waals surface area contributed by atoms with Crippen molar-refractivity contribution in [3.63, 3.8) is 0 Å². The van der Waals surface area contributed by atoms with Crippen LogP contribution in [0.1, 0.15) is 36.5 Å². The number of methoxy groups -OCH3 is 1. The molecule has 0 aliphatic rings. The predicted octanol–water partition coefficient (Wildman–Crippen LogP) is 2.28. The number of nitrogens with zero attached hydrogens (tertiary/aromatic N) is 1. The van der Waals surface area contributed by atoms with Crippen LogP contribution in [0.2, 0.25) is 0 Å². The number of hydrogen-bond donors (Lipinski definition) is 1. The van der Waals surface area contributed by atoms with Gasteiger partial charge in [-0.25, -0.2) is 9.78 Å². The van der Waals surface area contributed by atoms with E-state index in [-0.39, 0.29) is 11.3 Å². The molecule has 1 aromatic rings. The molecule has 0 saturated carbocycles. The van der Waals surface area contributed by atoms with Gasteiger partial charge in [-0.2, -0.15) is 0 Å². The maximum atomic E-state index is 11.0. The molecule has 1 N–H and O–H groups in total. The Morgan fingerprint density at radius 1 is 1.44 bits per heavy atom. The van der Waals surface area contributed by atoms with Gasteiger partial charge in [-0.15, -0.1) is 0 Å². The van der Waals surface area contributed by atoms with Crippen molar-refractivity contribution >= 4 is 5.97 Å². The highest BCUT2D eigenvalue weighted by Gasteiger charge is 2.18. The van der Waals surface area contributed by atoms with Crippen LogP contribution in [0, 0.1) is 6.92 Å². The fourth-order valence-electron chi connectivity index (χ4n) is 1.32. The number of pyridine rings is 1. The quantitative estimate of drug-likeness (QED) is 0.842. The Bertz CT molecular complexity index is 429. The zero-order chi connectivity index (χ0) is 13.8. The molecule has 1 heterocycles. The summed E-state index contributed by atoms with van der Waals surface area (Å²) in [5.41, 5.74) is 0.309. The molecule has 1 rings (SSSR count). The first-order valence-corrected chi connectivity index (χ1v) is 5.74. The summed E-state index contributed by atoms with van der Waals surface area (Å²) in [6.45, 7) is 6.01. The van der Waals surface area contributed by atoms with Crippen LogP contribution in [0.5, 0.6) is 5.75 Å². The lowest BCUT2D eigenvalue weighted by molar-refractivity contribution is 0.00533. The van der Waals surface area contributed by atoms with Crippen molar-refractivity contribution in [3.05, 3.63) is 23.5 Å². The fraction of sp³-hybridized carbons (Fsp3) is 0.538. The molecular weight excluding hydrogens is 234 g/mol. The Hall–Kier alpha value is -1.62. The van der Waals surface area contributed by atoms with Gasteiger partial charge in [0.25, 0.3) is 0 Å². The Balaban J connectivity index is 2.70. The second kappa shape index (κ2) is 5.82. The minimum atomic E-state index is -1.08. The number of rotatable bonds is 6. The molecule has 100 valence electrons. The monoisotopic (exact) mass is 253 g/mol. The third-order valence-electron chi connectivity index (χ3n) is 2.71. The molecule has 18 heavy (non-hydrogen) atoms. The number of aryl methyl sites for hydroxylation is 1. The first-order valence-electron chi connectivity index (χ1n) is 5.74. The summed E-state index contributed by atoms with van der Waals surface area (Å²) in [6.07, 6.45) is 0.663. The Kier molecular flexibility index (Phi) is 4.67. The summed E-state index contributed by atoms with van der Waals surface area (Å²) in [6, 6.07) is 3.36. The Morgan fingerprint density at radius 2 is 2.11 bits per heavy atom. The van der Waals surface area contributed by atoms with E-state index in [9.17, 15) is 4.79 Å². The van der Waals surface area contributed by atoms with Crippen molar-refractivity contribution in [3.8, 4) is 5.75 Å². The van der Waals surface area contributed by atoms with Gasteiger partial charge < -0.3 is 14.6 Å². The van der Waals surface area contributed by atoms with Gasteiger partial charge in [0.15, 0.2) is 11.4 Å². The molecular formula is C13H19NO4. The summed E-state index contributed by atoms with van der Waals surface area (Å²) in [4.78, 5) is 15.0. The van der Waals surface area contributed by atoms with Crippen LogP contribution in [0.25, 0.3) is 0 Å². The molecule has 0 saturated heterocycles. The molecule has 1 aromatic heterocycles. The van der Waals surface area contributed by atoms with Gasteiger partial charge >= 0.3 is 5.97 Å². The lowest BCUT2D eigenvalue weighted by Crippen LogP contribution is -2.25. The van der Waals surface area contributed by atoms with Crippen LogP contribution in [-0.4, -0.2) is 35.4 Å². The molecule has 5 heteroatoms. The van der Waals surface area contributed by atoms with Crippen molar-refractivity contribution in [2.24, 2.45) is 0 Å². The van der Waals surface area contributed by atoms with E-state index < -0.39 is 5.97 Å². The van der Waals surface area contributed by atoms with E-state index in [1.807, 2.05) is 13.8 Å². The van der Waals surface area contributed by atoms with Crippen LogP contribution in [-0.2, 0) is 4.74 Å². The number of carbonyl (C=O) groups is 1. The smallest absolute Gasteiger partial charge is 0.358 e. The molecule has 0 aromatic carbocycles. The second-order valence-corrected chi connectivity index (χ2v) is 4.67. The topological polar surface area (TPSA) is 68.7 Å². The lowest BCUT2D eigenvalue weighted by Gasteiger charge is -2.22. The van der Waals surface area contributed by atoms with Crippen molar-refractivity contribution in [2.75, 3.05) is 13.7 Å². The molecule has 0 fully saturated rings. The molecule has 0 aliphatic heterocycles. The van der Waals surface area contributed by atoms with E-state index in [0.29, 0.717) is 24.5 Å². The summed E-state index contributed by atoms with van der Waals surface area (Å²) in [7, 11) is 1.64. The third-order valence-corrected chi connectivity index (χ3v) is 2.71. The summed E-state index contributed by atoms with van der Waals surface area (Å²) < 4.78 is 10.7. The van der Waals surface area contributed by atoms with E-state index in [4.69, 9.17) is 14.6 Å². The first-order chi connectivity index (χ1) is 8.35. The number of hydrogen-bond acceptors (Lipinski definition) is 4. The fourth-order valence-corrected chi connectivity index (χ4v) is 1.32. The molecule has 5 nitrogen and oxygen atoms in total. The van der Waals surface area contributed by atoms with Gasteiger partial charge in [0.1, 0.15) is 0 Å². The molecule has 0 aliphatic carbocycles. The molecule has 0 amide bonds. The number of aromatic nitrogens is 1. The van der Waals surface area contributed by atoms with Gasteiger partial charge in [0.05, 0.1) is 12.2 Å². The first kappa shape index (κ1) is 14.4. The molecule has 0 unspecified atom stereocenters. The van der Waals surface area contributed by atoms with E-state index in [1.165, 1.54) is 0 Å². The summed E-state index contributed by atoms with van der Waals surface area (Å²) in [5, 5.41) is 9.03. The Labute approximate surface area is 107 Å². The number of carboxylic acid groups (broad SMARTS) is 1. The minimum Gasteiger partial charge on any atom is -0.491 e. The minimum absolute atomic E-state index is 0.0507. The third kappa shape index (κ3) is 4.00. The molecule has 0 spiro atoms. The predicted molar refractivity (Wildman–Crippen MR) is 67.1 cm³/mol. The van der Waals surface area contributed by atoms with E-state index >= 15 is 0 Å². The van der Waals surface area contributed by atoms with Crippen LogP contribution in [0.4, 0.5) is 0 Å². The second-order valence-electron chi connectivity index (χ2n) is 4.67. The van der Waals surface area contributed by atoms with Crippen LogP contribution < -0.4 is 4.74 Å². The van der Waals surface area contributed by atoms with Crippen LogP contribution in [0.3, 0.4) is 0 Å². The Morgan fingerprint density at radius 3 is 2.67 bits per heavy atom. The average Bonchev–Trinajstić information content (AvgIpc) is 2.30. The van der Waals surface area contributed by atoms with Crippen LogP contribution in [0.15, 0.2) is 12.1 Å². The normalized spacial score (nSPS) is 11.3. The molecule has 0 radical (unpaired) electrons. The SMILES string of the molecule is COC(C)(C)CCOc1ccc(C)nc1C(=O)O.